The fraction of sp³-hybridized carbons (Fsp3) is 0.0476. The predicted octanol–water partition coefficient (Wildman–Crippen LogP) is 1.35. The van der Waals surface area contributed by atoms with E-state index in [1.165, 1.54) is 5.56 Å². The van der Waals surface area contributed by atoms with Gasteiger partial charge < -0.3 is 21.4 Å². The largest absolute Gasteiger partial charge is 1.00 e. The highest BCUT2D eigenvalue weighted by Crippen LogP contribution is 2.27. The summed E-state index contributed by atoms with van der Waals surface area (Å²) in [5.41, 5.74) is 3.39. The van der Waals surface area contributed by atoms with Crippen LogP contribution in [0, 0.1) is 0 Å². The molecule has 0 saturated heterocycles. The van der Waals surface area contributed by atoms with Crippen molar-refractivity contribution in [1.29, 1.82) is 0 Å². The van der Waals surface area contributed by atoms with Gasteiger partial charge in [0.2, 0.25) is 0 Å². The molecule has 0 N–H and O–H groups in total. The maximum Gasteiger partial charge on any atom is 0.173 e. The number of aromatic nitrogens is 2. The lowest BCUT2D eigenvalue weighted by molar-refractivity contribution is -0.688. The van der Waals surface area contributed by atoms with Crippen LogP contribution in [-0.2, 0) is 6.54 Å². The molecule has 0 aliphatic heterocycles. The smallest absolute Gasteiger partial charge is 0.173 e. The SMILES string of the molecule is [Br-].c1ccc(C[n+]2ccc(-c3ccc(-c4ccncc4)o3)cc2)cc1. The summed E-state index contributed by atoms with van der Waals surface area (Å²) in [7, 11) is 0. The van der Waals surface area contributed by atoms with Gasteiger partial charge in [-0.25, -0.2) is 4.57 Å². The van der Waals surface area contributed by atoms with Gasteiger partial charge in [0.05, 0.1) is 0 Å². The van der Waals surface area contributed by atoms with E-state index >= 15 is 0 Å². The fourth-order valence-corrected chi connectivity index (χ4v) is 2.69. The standard InChI is InChI=1S/C21H17N2O.BrH/c1-2-4-17(5-3-1)16-23-14-10-19(11-15-23)21-7-6-20(24-21)18-8-12-22-13-9-18;/h1-15H,16H2;1H/q+1;/p-1. The van der Waals surface area contributed by atoms with Gasteiger partial charge in [-0.05, 0) is 24.3 Å². The first kappa shape index (κ1) is 17.1. The summed E-state index contributed by atoms with van der Waals surface area (Å²) in [6, 6.07) is 22.5. The number of nitrogens with zero attached hydrogens (tertiary/aromatic N) is 2. The van der Waals surface area contributed by atoms with Crippen LogP contribution in [0.15, 0.2) is 95.9 Å². The molecule has 3 aromatic heterocycles. The molecule has 0 amide bonds. The maximum atomic E-state index is 5.98. The van der Waals surface area contributed by atoms with Crippen molar-refractivity contribution < 1.29 is 26.0 Å². The molecule has 0 spiro atoms. The molecule has 0 unspecified atom stereocenters. The molecule has 3 heterocycles. The van der Waals surface area contributed by atoms with Crippen molar-refractivity contribution in [3.63, 3.8) is 0 Å². The van der Waals surface area contributed by atoms with Gasteiger partial charge in [0.15, 0.2) is 18.9 Å². The van der Waals surface area contributed by atoms with E-state index in [4.69, 9.17) is 4.42 Å². The molecule has 124 valence electrons. The highest BCUT2D eigenvalue weighted by atomic mass is 79.9. The van der Waals surface area contributed by atoms with Gasteiger partial charge in [-0.1, -0.05) is 30.3 Å². The average Bonchev–Trinajstić information content (AvgIpc) is 3.14. The molecule has 3 nitrogen and oxygen atoms in total. The summed E-state index contributed by atoms with van der Waals surface area (Å²) in [6.07, 6.45) is 7.70. The second-order valence-corrected chi connectivity index (χ2v) is 5.64. The minimum atomic E-state index is 0. The van der Waals surface area contributed by atoms with Gasteiger partial charge in [-0.15, -0.1) is 0 Å². The Morgan fingerprint density at radius 1 is 0.720 bits per heavy atom. The third-order valence-electron chi connectivity index (χ3n) is 3.95. The topological polar surface area (TPSA) is 29.9 Å². The molecular weight excluding hydrogens is 376 g/mol. The first-order valence-electron chi connectivity index (χ1n) is 7.92. The van der Waals surface area contributed by atoms with Crippen LogP contribution in [0.5, 0.6) is 0 Å². The van der Waals surface area contributed by atoms with Gasteiger partial charge in [0.25, 0.3) is 0 Å². The number of halogens is 1. The van der Waals surface area contributed by atoms with Gasteiger partial charge in [0, 0.05) is 41.2 Å². The van der Waals surface area contributed by atoms with Crippen molar-refractivity contribution in [2.75, 3.05) is 0 Å². The lowest BCUT2D eigenvalue weighted by Crippen LogP contribution is -3.00. The van der Waals surface area contributed by atoms with Crippen molar-refractivity contribution in [3.8, 4) is 22.6 Å². The Morgan fingerprint density at radius 3 is 1.96 bits per heavy atom. The number of rotatable bonds is 4. The molecule has 0 atom stereocenters. The number of furan rings is 1. The van der Waals surface area contributed by atoms with E-state index in [9.17, 15) is 0 Å². The van der Waals surface area contributed by atoms with E-state index in [1.807, 2.05) is 30.3 Å². The minimum absolute atomic E-state index is 0. The Morgan fingerprint density at radius 2 is 1.32 bits per heavy atom. The zero-order valence-electron chi connectivity index (χ0n) is 13.5. The van der Waals surface area contributed by atoms with E-state index in [0.29, 0.717) is 0 Å². The first-order chi connectivity index (χ1) is 11.9. The number of pyridine rings is 2. The van der Waals surface area contributed by atoms with Crippen molar-refractivity contribution >= 4 is 0 Å². The average molecular weight is 393 g/mol. The molecule has 0 saturated carbocycles. The molecule has 4 aromatic rings. The summed E-state index contributed by atoms with van der Waals surface area (Å²) >= 11 is 0. The van der Waals surface area contributed by atoms with E-state index in [2.05, 4.69) is 58.3 Å². The molecule has 4 heteroatoms. The lowest BCUT2D eigenvalue weighted by atomic mass is 10.2. The maximum absolute atomic E-state index is 5.98. The third kappa shape index (κ3) is 4.03. The Bertz CT molecular complexity index is 919. The van der Waals surface area contributed by atoms with Crippen molar-refractivity contribution in [2.45, 2.75) is 6.54 Å². The second-order valence-electron chi connectivity index (χ2n) is 5.64. The molecule has 0 radical (unpaired) electrons. The number of hydrogen-bond acceptors (Lipinski definition) is 2. The summed E-state index contributed by atoms with van der Waals surface area (Å²) < 4.78 is 8.14. The van der Waals surface area contributed by atoms with Crippen molar-refractivity contribution in [1.82, 2.24) is 4.98 Å². The number of hydrogen-bond donors (Lipinski definition) is 0. The zero-order chi connectivity index (χ0) is 16.2. The van der Waals surface area contributed by atoms with Crippen LogP contribution in [0.25, 0.3) is 22.6 Å². The van der Waals surface area contributed by atoms with Gasteiger partial charge in [0.1, 0.15) is 11.5 Å². The Hall–Kier alpha value is -2.72. The zero-order valence-corrected chi connectivity index (χ0v) is 15.1. The summed E-state index contributed by atoms with van der Waals surface area (Å²) in [6.45, 7) is 0.863. The molecule has 0 aliphatic rings. The Labute approximate surface area is 157 Å². The predicted molar refractivity (Wildman–Crippen MR) is 93.1 cm³/mol. The van der Waals surface area contributed by atoms with Crippen LogP contribution in [0.3, 0.4) is 0 Å². The molecule has 0 bridgehead atoms. The van der Waals surface area contributed by atoms with Crippen LogP contribution in [-0.4, -0.2) is 4.98 Å². The Balaban J connectivity index is 0.00000182. The van der Waals surface area contributed by atoms with E-state index in [0.717, 1.165) is 29.2 Å². The molecule has 1 aromatic carbocycles. The van der Waals surface area contributed by atoms with E-state index in [1.54, 1.807) is 12.4 Å². The molecule has 0 aliphatic carbocycles. The van der Waals surface area contributed by atoms with Crippen LogP contribution < -0.4 is 21.5 Å². The summed E-state index contributed by atoms with van der Waals surface area (Å²) in [5, 5.41) is 0. The van der Waals surface area contributed by atoms with Gasteiger partial charge in [-0.3, -0.25) is 4.98 Å². The molecule has 25 heavy (non-hydrogen) atoms. The van der Waals surface area contributed by atoms with E-state index in [-0.39, 0.29) is 17.0 Å². The van der Waals surface area contributed by atoms with Gasteiger partial charge in [-0.2, -0.15) is 0 Å². The minimum Gasteiger partial charge on any atom is -1.00 e. The van der Waals surface area contributed by atoms with Crippen LogP contribution in [0.4, 0.5) is 0 Å². The lowest BCUT2D eigenvalue weighted by Gasteiger charge is -2.00. The molecule has 0 fully saturated rings. The monoisotopic (exact) mass is 392 g/mol. The quantitative estimate of drug-likeness (QED) is 0.490. The van der Waals surface area contributed by atoms with Crippen LogP contribution in [0.1, 0.15) is 5.56 Å². The van der Waals surface area contributed by atoms with Crippen LogP contribution in [0.2, 0.25) is 0 Å². The van der Waals surface area contributed by atoms with Gasteiger partial charge >= 0.3 is 0 Å². The fourth-order valence-electron chi connectivity index (χ4n) is 2.69. The number of benzene rings is 1. The molecular formula is C21H17BrN2O. The highest BCUT2D eigenvalue weighted by molar-refractivity contribution is 5.63. The van der Waals surface area contributed by atoms with E-state index < -0.39 is 0 Å². The Kier molecular flexibility index (Phi) is 5.41. The molecule has 4 rings (SSSR count). The van der Waals surface area contributed by atoms with Crippen molar-refractivity contribution in [3.05, 3.63) is 97.1 Å². The highest BCUT2D eigenvalue weighted by Gasteiger charge is 2.09. The first-order valence-corrected chi connectivity index (χ1v) is 7.92. The third-order valence-corrected chi connectivity index (χ3v) is 3.95. The van der Waals surface area contributed by atoms with Crippen molar-refractivity contribution in [2.24, 2.45) is 0 Å². The normalized spacial score (nSPS) is 10.2. The summed E-state index contributed by atoms with van der Waals surface area (Å²) in [4.78, 5) is 4.04. The van der Waals surface area contributed by atoms with Crippen LogP contribution >= 0.6 is 0 Å². The second kappa shape index (κ2) is 7.90. The summed E-state index contributed by atoms with van der Waals surface area (Å²) in [5.74, 6) is 1.72.